The number of hydrogen-bond donors (Lipinski definition) is 2. The highest BCUT2D eigenvalue weighted by Crippen LogP contribution is 2.26. The van der Waals surface area contributed by atoms with E-state index in [0.717, 1.165) is 41.0 Å². The molecule has 0 aliphatic carbocycles. The predicted molar refractivity (Wildman–Crippen MR) is 109 cm³/mol. The van der Waals surface area contributed by atoms with Gasteiger partial charge in [-0.2, -0.15) is 5.10 Å². The van der Waals surface area contributed by atoms with Crippen LogP contribution in [0.3, 0.4) is 0 Å². The molecule has 2 rings (SSSR count). The molecule has 2 aromatic rings. The Labute approximate surface area is 161 Å². The number of guanidine groups is 1. The molecule has 0 fully saturated rings. The molecule has 1 aromatic heterocycles. The molecule has 0 saturated heterocycles. The van der Waals surface area contributed by atoms with Crippen LogP contribution in [0.15, 0.2) is 29.3 Å². The minimum absolute atomic E-state index is 0.0491. The molecule has 0 aliphatic heterocycles. The van der Waals surface area contributed by atoms with Gasteiger partial charge in [-0.1, -0.05) is 12.1 Å². The van der Waals surface area contributed by atoms with E-state index in [4.69, 9.17) is 14.5 Å². The van der Waals surface area contributed by atoms with Gasteiger partial charge < -0.3 is 20.1 Å². The van der Waals surface area contributed by atoms with Crippen LogP contribution in [0.5, 0.6) is 11.5 Å². The highest BCUT2D eigenvalue weighted by molar-refractivity contribution is 5.79. The first-order chi connectivity index (χ1) is 13.0. The fourth-order valence-electron chi connectivity index (χ4n) is 2.76. The average molecular weight is 374 g/mol. The second-order valence-corrected chi connectivity index (χ2v) is 6.43. The van der Waals surface area contributed by atoms with Crippen LogP contribution >= 0.6 is 0 Å². The molecule has 2 N–H and O–H groups in total. The normalized spacial score (nSPS) is 12.6. The molecule has 7 heteroatoms. The zero-order valence-corrected chi connectivity index (χ0v) is 17.2. The standard InChI is InChI=1S/C20H31N5O2/c1-7-21-20(23-13-17-15(3)24-25(5)16(17)4)22-12-14(2)27-19-11-9-8-10-18(19)26-6/h8-11,14H,7,12-13H2,1-6H3,(H2,21,22,23). The third kappa shape index (κ3) is 5.64. The van der Waals surface area contributed by atoms with Crippen molar-refractivity contribution in [3.8, 4) is 11.5 Å². The molecule has 1 heterocycles. The second-order valence-electron chi connectivity index (χ2n) is 6.43. The van der Waals surface area contributed by atoms with E-state index in [1.807, 2.05) is 56.8 Å². The van der Waals surface area contributed by atoms with E-state index < -0.39 is 0 Å². The number of ether oxygens (including phenoxy) is 2. The van der Waals surface area contributed by atoms with Gasteiger partial charge in [-0.05, 0) is 39.8 Å². The Bertz CT molecular complexity index is 770. The third-order valence-electron chi connectivity index (χ3n) is 4.35. The Morgan fingerprint density at radius 2 is 1.93 bits per heavy atom. The number of benzene rings is 1. The van der Waals surface area contributed by atoms with Crippen molar-refractivity contribution in [2.75, 3.05) is 20.2 Å². The lowest BCUT2D eigenvalue weighted by Gasteiger charge is -2.19. The van der Waals surface area contributed by atoms with E-state index in [1.165, 1.54) is 0 Å². The van der Waals surface area contributed by atoms with Crippen LogP contribution in [-0.4, -0.2) is 42.0 Å². The number of aromatic nitrogens is 2. The lowest BCUT2D eigenvalue weighted by molar-refractivity contribution is 0.213. The summed E-state index contributed by atoms with van der Waals surface area (Å²) in [6, 6.07) is 7.65. The molecule has 1 atom stereocenters. The molecule has 1 aromatic carbocycles. The van der Waals surface area contributed by atoms with Crippen LogP contribution in [0.25, 0.3) is 0 Å². The van der Waals surface area contributed by atoms with Crippen molar-refractivity contribution in [1.82, 2.24) is 20.4 Å². The number of methoxy groups -OCH3 is 1. The molecule has 27 heavy (non-hydrogen) atoms. The third-order valence-corrected chi connectivity index (χ3v) is 4.35. The first kappa shape index (κ1) is 20.6. The van der Waals surface area contributed by atoms with Gasteiger partial charge in [-0.25, -0.2) is 4.99 Å². The van der Waals surface area contributed by atoms with Crippen LogP contribution in [-0.2, 0) is 13.6 Å². The summed E-state index contributed by atoms with van der Waals surface area (Å²) in [6.07, 6.45) is -0.0491. The molecule has 0 amide bonds. The van der Waals surface area contributed by atoms with Crippen molar-refractivity contribution < 1.29 is 9.47 Å². The van der Waals surface area contributed by atoms with Gasteiger partial charge in [0.15, 0.2) is 17.5 Å². The average Bonchev–Trinajstić information content (AvgIpc) is 2.90. The first-order valence-corrected chi connectivity index (χ1v) is 9.27. The summed E-state index contributed by atoms with van der Waals surface area (Å²) in [6.45, 7) is 10.1. The van der Waals surface area contributed by atoms with Gasteiger partial charge in [0, 0.05) is 24.8 Å². The van der Waals surface area contributed by atoms with Crippen LogP contribution in [0.1, 0.15) is 30.8 Å². The van der Waals surface area contributed by atoms with Gasteiger partial charge in [0.25, 0.3) is 0 Å². The quantitative estimate of drug-likeness (QED) is 0.550. The van der Waals surface area contributed by atoms with Crippen molar-refractivity contribution in [1.29, 1.82) is 0 Å². The van der Waals surface area contributed by atoms with Crippen molar-refractivity contribution in [2.24, 2.45) is 12.0 Å². The Morgan fingerprint density at radius 3 is 2.52 bits per heavy atom. The number of nitrogens with one attached hydrogen (secondary N) is 2. The highest BCUT2D eigenvalue weighted by Gasteiger charge is 2.11. The summed E-state index contributed by atoms with van der Waals surface area (Å²) in [5.41, 5.74) is 3.32. The van der Waals surface area contributed by atoms with Crippen LogP contribution in [0, 0.1) is 13.8 Å². The molecule has 0 aliphatic rings. The van der Waals surface area contributed by atoms with Gasteiger partial charge in [-0.3, -0.25) is 4.68 Å². The maximum absolute atomic E-state index is 5.99. The Morgan fingerprint density at radius 1 is 1.22 bits per heavy atom. The number of hydrogen-bond acceptors (Lipinski definition) is 4. The number of para-hydroxylation sites is 2. The van der Waals surface area contributed by atoms with E-state index in [9.17, 15) is 0 Å². The fraction of sp³-hybridized carbons (Fsp3) is 0.500. The number of nitrogens with zero attached hydrogens (tertiary/aromatic N) is 3. The molecule has 0 radical (unpaired) electrons. The Hall–Kier alpha value is -2.70. The zero-order valence-electron chi connectivity index (χ0n) is 17.2. The smallest absolute Gasteiger partial charge is 0.191 e. The van der Waals surface area contributed by atoms with Crippen LogP contribution in [0.2, 0.25) is 0 Å². The Balaban J connectivity index is 1.97. The van der Waals surface area contributed by atoms with Crippen molar-refractivity contribution in [3.63, 3.8) is 0 Å². The molecule has 1 unspecified atom stereocenters. The lowest BCUT2D eigenvalue weighted by atomic mass is 10.2. The summed E-state index contributed by atoms with van der Waals surface area (Å²) in [5, 5.41) is 11.1. The SMILES string of the molecule is CCNC(=NCc1c(C)nn(C)c1C)NCC(C)Oc1ccccc1OC. The lowest BCUT2D eigenvalue weighted by Crippen LogP contribution is -2.41. The summed E-state index contributed by atoms with van der Waals surface area (Å²) in [4.78, 5) is 4.69. The van der Waals surface area contributed by atoms with E-state index in [1.54, 1.807) is 7.11 Å². The molecule has 0 bridgehead atoms. The first-order valence-electron chi connectivity index (χ1n) is 9.27. The van der Waals surface area contributed by atoms with Crippen LogP contribution < -0.4 is 20.1 Å². The maximum Gasteiger partial charge on any atom is 0.191 e. The molecule has 7 nitrogen and oxygen atoms in total. The molecule has 0 spiro atoms. The minimum Gasteiger partial charge on any atom is -0.493 e. The predicted octanol–water partition coefficient (Wildman–Crippen LogP) is 2.57. The van der Waals surface area contributed by atoms with Gasteiger partial charge in [0.1, 0.15) is 6.10 Å². The minimum atomic E-state index is -0.0491. The largest absolute Gasteiger partial charge is 0.493 e. The maximum atomic E-state index is 5.99. The van der Waals surface area contributed by atoms with Crippen molar-refractivity contribution >= 4 is 5.96 Å². The molecule has 0 saturated carbocycles. The van der Waals surface area contributed by atoms with Gasteiger partial charge in [0.2, 0.25) is 0 Å². The van der Waals surface area contributed by atoms with Crippen molar-refractivity contribution in [2.45, 2.75) is 40.3 Å². The fourth-order valence-corrected chi connectivity index (χ4v) is 2.76. The van der Waals surface area contributed by atoms with E-state index in [-0.39, 0.29) is 6.10 Å². The van der Waals surface area contributed by atoms with E-state index in [2.05, 4.69) is 22.7 Å². The summed E-state index contributed by atoms with van der Waals surface area (Å²) in [7, 11) is 3.60. The highest BCUT2D eigenvalue weighted by atomic mass is 16.5. The molecular weight excluding hydrogens is 342 g/mol. The van der Waals surface area contributed by atoms with Gasteiger partial charge >= 0.3 is 0 Å². The molecule has 148 valence electrons. The number of aryl methyl sites for hydroxylation is 2. The summed E-state index contributed by atoms with van der Waals surface area (Å²) in [5.74, 6) is 2.22. The topological polar surface area (TPSA) is 72.7 Å². The molecular formula is C20H31N5O2. The monoisotopic (exact) mass is 373 g/mol. The van der Waals surface area contributed by atoms with Gasteiger partial charge in [-0.15, -0.1) is 0 Å². The van der Waals surface area contributed by atoms with Crippen molar-refractivity contribution in [3.05, 3.63) is 41.2 Å². The Kier molecular flexibility index (Phi) is 7.52. The van der Waals surface area contributed by atoms with Crippen LogP contribution in [0.4, 0.5) is 0 Å². The van der Waals surface area contributed by atoms with Gasteiger partial charge in [0.05, 0.1) is 25.9 Å². The summed E-state index contributed by atoms with van der Waals surface area (Å²) < 4.78 is 13.2. The van der Waals surface area contributed by atoms with E-state index >= 15 is 0 Å². The number of aliphatic imine (C=N–C) groups is 1. The second kappa shape index (κ2) is 9.85. The number of rotatable bonds is 8. The summed E-state index contributed by atoms with van der Waals surface area (Å²) >= 11 is 0. The van der Waals surface area contributed by atoms with E-state index in [0.29, 0.717) is 13.1 Å². The zero-order chi connectivity index (χ0) is 19.8.